The molecule has 0 radical (unpaired) electrons. The van der Waals surface area contributed by atoms with Crippen LogP contribution in [0.25, 0.3) is 6.08 Å². The van der Waals surface area contributed by atoms with Crippen molar-refractivity contribution in [3.63, 3.8) is 0 Å². The van der Waals surface area contributed by atoms with Gasteiger partial charge in [-0.1, -0.05) is 65.7 Å². The maximum absolute atomic E-state index is 12.4. The van der Waals surface area contributed by atoms with E-state index < -0.39 is 5.91 Å². The lowest BCUT2D eigenvalue weighted by molar-refractivity contribution is -0.118. The van der Waals surface area contributed by atoms with Crippen molar-refractivity contribution >= 4 is 46.8 Å². The van der Waals surface area contributed by atoms with Crippen LogP contribution in [0.15, 0.2) is 78.4 Å². The van der Waals surface area contributed by atoms with Crippen molar-refractivity contribution in [3.05, 3.63) is 99.5 Å². The highest BCUT2D eigenvalue weighted by Gasteiger charge is 2.10. The Morgan fingerprint density at radius 2 is 1.76 bits per heavy atom. The summed E-state index contributed by atoms with van der Waals surface area (Å²) in [6.45, 7) is 0.0753. The van der Waals surface area contributed by atoms with Gasteiger partial charge in [0.2, 0.25) is 0 Å². The average Bonchev–Trinajstić information content (AvgIpc) is 2.83. The van der Waals surface area contributed by atoms with E-state index in [1.807, 2.05) is 36.4 Å². The zero-order chi connectivity index (χ0) is 23.6. The zero-order valence-electron chi connectivity index (χ0n) is 17.3. The molecular weight excluding hydrogens is 461 g/mol. The molecule has 0 spiro atoms. The van der Waals surface area contributed by atoms with Crippen LogP contribution in [0, 0.1) is 11.3 Å². The molecule has 0 aliphatic carbocycles. The topological polar surface area (TPSA) is 91.2 Å². The minimum Gasteiger partial charge on any atom is -0.484 e. The predicted molar refractivity (Wildman–Crippen MR) is 129 cm³/mol. The van der Waals surface area contributed by atoms with Gasteiger partial charge in [-0.3, -0.25) is 9.59 Å². The fraction of sp³-hybridized carbons (Fsp3) is 0.0800. The van der Waals surface area contributed by atoms with Crippen LogP contribution in [0.5, 0.6) is 5.75 Å². The number of nitrogens with zero attached hydrogens (tertiary/aromatic N) is 1. The fourth-order valence-electron chi connectivity index (χ4n) is 2.80. The van der Waals surface area contributed by atoms with Crippen LogP contribution >= 0.6 is 23.2 Å². The third kappa shape index (κ3) is 7.39. The van der Waals surface area contributed by atoms with Gasteiger partial charge in [-0.25, -0.2) is 0 Å². The standard InChI is InChI=1S/C25H19Cl2N3O3/c26-22-10-9-20(13-23(22)27)30-24(31)16-33-21-8-4-7-18(12-21)11-19(14-28)25(32)29-15-17-5-2-1-3-6-17/h1-13H,15-16H2,(H,29,32)(H,30,31)/b19-11+. The molecule has 33 heavy (non-hydrogen) atoms. The molecule has 0 saturated carbocycles. The smallest absolute Gasteiger partial charge is 0.262 e. The van der Waals surface area contributed by atoms with Crippen LogP contribution in [0.4, 0.5) is 5.69 Å². The maximum Gasteiger partial charge on any atom is 0.262 e. The number of halogens is 2. The molecule has 0 bridgehead atoms. The number of benzene rings is 3. The van der Waals surface area contributed by atoms with E-state index in [0.717, 1.165) is 5.56 Å². The third-order valence-corrected chi connectivity index (χ3v) is 5.14. The second-order valence-electron chi connectivity index (χ2n) is 6.88. The summed E-state index contributed by atoms with van der Waals surface area (Å²) in [4.78, 5) is 24.5. The van der Waals surface area contributed by atoms with Gasteiger partial charge >= 0.3 is 0 Å². The molecule has 0 unspecified atom stereocenters. The second-order valence-corrected chi connectivity index (χ2v) is 7.69. The number of rotatable bonds is 8. The molecule has 166 valence electrons. The summed E-state index contributed by atoms with van der Waals surface area (Å²) >= 11 is 11.8. The van der Waals surface area contributed by atoms with Gasteiger partial charge < -0.3 is 15.4 Å². The van der Waals surface area contributed by atoms with Crippen molar-refractivity contribution in [2.75, 3.05) is 11.9 Å². The van der Waals surface area contributed by atoms with Gasteiger partial charge in [-0.15, -0.1) is 0 Å². The first-order valence-corrected chi connectivity index (χ1v) is 10.6. The van der Waals surface area contributed by atoms with Crippen molar-refractivity contribution in [2.45, 2.75) is 6.54 Å². The molecule has 0 fully saturated rings. The first-order valence-electron chi connectivity index (χ1n) is 9.86. The lowest BCUT2D eigenvalue weighted by atomic mass is 10.1. The Morgan fingerprint density at radius 3 is 2.48 bits per heavy atom. The molecule has 3 aromatic carbocycles. The number of carbonyl (C=O) groups is 2. The number of carbonyl (C=O) groups excluding carboxylic acids is 2. The summed E-state index contributed by atoms with van der Waals surface area (Å²) in [7, 11) is 0. The summed E-state index contributed by atoms with van der Waals surface area (Å²) in [6, 6.07) is 22.8. The molecule has 6 nitrogen and oxygen atoms in total. The van der Waals surface area contributed by atoms with Crippen LogP contribution in [-0.4, -0.2) is 18.4 Å². The normalized spacial score (nSPS) is 10.8. The number of anilines is 1. The highest BCUT2D eigenvalue weighted by Crippen LogP contribution is 2.25. The average molecular weight is 480 g/mol. The number of nitrogens with one attached hydrogen (secondary N) is 2. The quantitative estimate of drug-likeness (QED) is 0.341. The predicted octanol–water partition coefficient (Wildman–Crippen LogP) is 5.23. The van der Waals surface area contributed by atoms with Crippen molar-refractivity contribution in [2.24, 2.45) is 0 Å². The number of ether oxygens (including phenoxy) is 1. The van der Waals surface area contributed by atoms with E-state index in [4.69, 9.17) is 27.9 Å². The Bertz CT molecular complexity index is 1220. The van der Waals surface area contributed by atoms with Crippen molar-refractivity contribution in [1.29, 1.82) is 5.26 Å². The molecule has 3 aromatic rings. The molecule has 3 rings (SSSR count). The van der Waals surface area contributed by atoms with E-state index in [-0.39, 0.29) is 18.1 Å². The summed E-state index contributed by atoms with van der Waals surface area (Å²) in [6.07, 6.45) is 1.46. The van der Waals surface area contributed by atoms with Crippen molar-refractivity contribution in [1.82, 2.24) is 5.32 Å². The van der Waals surface area contributed by atoms with E-state index in [2.05, 4.69) is 10.6 Å². The lowest BCUT2D eigenvalue weighted by Crippen LogP contribution is -2.23. The van der Waals surface area contributed by atoms with Crippen LogP contribution < -0.4 is 15.4 Å². The van der Waals surface area contributed by atoms with Crippen LogP contribution in [-0.2, 0) is 16.1 Å². The van der Waals surface area contributed by atoms with Gasteiger partial charge in [0.15, 0.2) is 6.61 Å². The molecule has 0 saturated heterocycles. The Hall–Kier alpha value is -3.79. The van der Waals surface area contributed by atoms with Crippen molar-refractivity contribution < 1.29 is 14.3 Å². The Kier molecular flexibility index (Phi) is 8.48. The highest BCUT2D eigenvalue weighted by atomic mass is 35.5. The summed E-state index contributed by atoms with van der Waals surface area (Å²) in [5.41, 5.74) is 1.97. The Labute approximate surface area is 201 Å². The van der Waals surface area contributed by atoms with E-state index in [0.29, 0.717) is 33.6 Å². The number of amides is 2. The number of nitriles is 1. The van der Waals surface area contributed by atoms with Crippen LogP contribution in [0.1, 0.15) is 11.1 Å². The van der Waals surface area contributed by atoms with E-state index >= 15 is 0 Å². The Balaban J connectivity index is 1.58. The van der Waals surface area contributed by atoms with Gasteiger partial charge in [-0.05, 0) is 47.5 Å². The maximum atomic E-state index is 12.4. The first kappa shape index (κ1) is 23.9. The van der Waals surface area contributed by atoms with Crippen LogP contribution in [0.2, 0.25) is 10.0 Å². The van der Waals surface area contributed by atoms with Crippen molar-refractivity contribution in [3.8, 4) is 11.8 Å². The molecule has 0 aromatic heterocycles. The summed E-state index contributed by atoms with van der Waals surface area (Å²) < 4.78 is 5.53. The molecule has 2 amide bonds. The molecule has 0 atom stereocenters. The number of hydrogen-bond acceptors (Lipinski definition) is 4. The Morgan fingerprint density at radius 1 is 0.970 bits per heavy atom. The first-order chi connectivity index (χ1) is 15.9. The lowest BCUT2D eigenvalue weighted by Gasteiger charge is -2.09. The fourth-order valence-corrected chi connectivity index (χ4v) is 3.10. The van der Waals surface area contributed by atoms with Gasteiger partial charge in [0.1, 0.15) is 17.4 Å². The minimum absolute atomic E-state index is 0.0413. The molecular formula is C25H19Cl2N3O3. The zero-order valence-corrected chi connectivity index (χ0v) is 18.9. The minimum atomic E-state index is -0.478. The number of hydrogen-bond donors (Lipinski definition) is 2. The molecule has 0 aliphatic heterocycles. The van der Waals surface area contributed by atoms with Gasteiger partial charge in [0.05, 0.1) is 10.0 Å². The largest absolute Gasteiger partial charge is 0.484 e. The van der Waals surface area contributed by atoms with Gasteiger partial charge in [0.25, 0.3) is 11.8 Å². The molecule has 8 heteroatoms. The summed E-state index contributed by atoms with van der Waals surface area (Å²) in [5, 5.41) is 15.5. The monoisotopic (exact) mass is 479 g/mol. The van der Waals surface area contributed by atoms with Gasteiger partial charge in [0, 0.05) is 12.2 Å². The van der Waals surface area contributed by atoms with E-state index in [1.54, 1.807) is 42.5 Å². The third-order valence-electron chi connectivity index (χ3n) is 4.40. The van der Waals surface area contributed by atoms with Crippen LogP contribution in [0.3, 0.4) is 0 Å². The summed E-state index contributed by atoms with van der Waals surface area (Å²) in [5.74, 6) is -0.448. The van der Waals surface area contributed by atoms with E-state index in [1.165, 1.54) is 6.08 Å². The van der Waals surface area contributed by atoms with Gasteiger partial charge in [-0.2, -0.15) is 5.26 Å². The van der Waals surface area contributed by atoms with E-state index in [9.17, 15) is 14.9 Å². The highest BCUT2D eigenvalue weighted by molar-refractivity contribution is 6.42. The molecule has 2 N–H and O–H groups in total. The second kappa shape index (κ2) is 11.7. The molecule has 0 heterocycles. The molecule has 0 aliphatic rings. The SMILES string of the molecule is N#C/C(=C\c1cccc(OCC(=O)Nc2ccc(Cl)c(Cl)c2)c1)C(=O)NCc1ccccc1.